The molecule has 1 atom stereocenters. The average Bonchev–Trinajstić information content (AvgIpc) is 3.10. The van der Waals surface area contributed by atoms with E-state index in [0.717, 1.165) is 16.9 Å². The van der Waals surface area contributed by atoms with Gasteiger partial charge >= 0.3 is 0 Å². The van der Waals surface area contributed by atoms with Gasteiger partial charge in [0.15, 0.2) is 5.17 Å². The van der Waals surface area contributed by atoms with Crippen molar-refractivity contribution < 1.29 is 14.3 Å². The van der Waals surface area contributed by atoms with Crippen LogP contribution in [0.3, 0.4) is 0 Å². The number of amides is 2. The van der Waals surface area contributed by atoms with E-state index in [-0.39, 0.29) is 18.2 Å². The average molecular weight is 461 g/mol. The lowest BCUT2D eigenvalue weighted by Crippen LogP contribution is -2.33. The lowest BCUT2D eigenvalue weighted by atomic mass is 10.2. The zero-order chi connectivity index (χ0) is 23.2. The van der Waals surface area contributed by atoms with Gasteiger partial charge in [0.25, 0.3) is 0 Å². The van der Waals surface area contributed by atoms with Gasteiger partial charge in [-0.25, -0.2) is 4.99 Å². The Kier molecular flexibility index (Phi) is 7.04. The second-order valence-corrected chi connectivity index (χ2v) is 8.70. The number of benzene rings is 2. The second-order valence-electron chi connectivity index (χ2n) is 7.53. The van der Waals surface area contributed by atoms with Gasteiger partial charge in [-0.05, 0) is 43.3 Å². The van der Waals surface area contributed by atoms with Gasteiger partial charge in [-0.3, -0.25) is 19.5 Å². The molecule has 1 aliphatic heterocycles. The van der Waals surface area contributed by atoms with E-state index < -0.39 is 5.25 Å². The number of anilines is 1. The summed E-state index contributed by atoms with van der Waals surface area (Å²) < 4.78 is 5.29. The lowest BCUT2D eigenvalue weighted by Gasteiger charge is -2.16. The first-order chi connectivity index (χ1) is 16.0. The number of aliphatic imine (C=N–C) groups is 1. The molecule has 1 aliphatic rings. The van der Waals surface area contributed by atoms with E-state index in [1.807, 2.05) is 61.5 Å². The van der Waals surface area contributed by atoms with Crippen LogP contribution < -0.4 is 10.1 Å². The van der Waals surface area contributed by atoms with Crippen molar-refractivity contribution in [2.45, 2.75) is 25.1 Å². The lowest BCUT2D eigenvalue weighted by molar-refractivity contribution is -0.128. The van der Waals surface area contributed by atoms with E-state index in [1.165, 1.54) is 11.8 Å². The first-order valence-electron chi connectivity index (χ1n) is 10.5. The van der Waals surface area contributed by atoms with Crippen molar-refractivity contribution in [2.75, 3.05) is 12.4 Å². The maximum atomic E-state index is 13.3. The maximum absolute atomic E-state index is 13.3. The largest absolute Gasteiger partial charge is 0.495 e. The van der Waals surface area contributed by atoms with Crippen LogP contribution >= 0.6 is 11.8 Å². The summed E-state index contributed by atoms with van der Waals surface area (Å²) in [5, 5.41) is 2.83. The molecule has 168 valence electrons. The van der Waals surface area contributed by atoms with Crippen LogP contribution in [0.1, 0.15) is 17.7 Å². The van der Waals surface area contributed by atoms with Crippen molar-refractivity contribution in [1.82, 2.24) is 9.88 Å². The molecule has 0 radical (unpaired) electrons. The quantitative estimate of drug-likeness (QED) is 0.559. The molecule has 33 heavy (non-hydrogen) atoms. The van der Waals surface area contributed by atoms with Crippen LogP contribution in [-0.2, 0) is 16.1 Å². The predicted octanol–water partition coefficient (Wildman–Crippen LogP) is 4.56. The fourth-order valence-electron chi connectivity index (χ4n) is 3.37. The summed E-state index contributed by atoms with van der Waals surface area (Å²) >= 11 is 1.30. The molecule has 2 amide bonds. The number of nitrogens with zero attached hydrogens (tertiary/aromatic N) is 3. The number of amidine groups is 1. The highest BCUT2D eigenvalue weighted by atomic mass is 32.2. The van der Waals surface area contributed by atoms with E-state index in [2.05, 4.69) is 10.3 Å². The third-order valence-electron chi connectivity index (χ3n) is 5.08. The Morgan fingerprint density at radius 2 is 1.88 bits per heavy atom. The van der Waals surface area contributed by atoms with Crippen LogP contribution in [0, 0.1) is 6.92 Å². The van der Waals surface area contributed by atoms with Crippen molar-refractivity contribution in [2.24, 2.45) is 4.99 Å². The monoisotopic (exact) mass is 460 g/mol. The number of pyridine rings is 1. The molecule has 0 aliphatic carbocycles. The van der Waals surface area contributed by atoms with E-state index in [4.69, 9.17) is 9.73 Å². The van der Waals surface area contributed by atoms with Crippen LogP contribution in [0.25, 0.3) is 0 Å². The number of nitrogens with one attached hydrogen (secondary N) is 1. The van der Waals surface area contributed by atoms with Crippen molar-refractivity contribution >= 4 is 40.1 Å². The Morgan fingerprint density at radius 3 is 2.61 bits per heavy atom. The molecule has 7 nitrogen and oxygen atoms in total. The van der Waals surface area contributed by atoms with Gasteiger partial charge in [0, 0.05) is 12.6 Å². The number of aromatic nitrogens is 1. The summed E-state index contributed by atoms with van der Waals surface area (Å²) in [4.78, 5) is 36.7. The Morgan fingerprint density at radius 1 is 1.12 bits per heavy atom. The number of carbonyl (C=O) groups is 2. The van der Waals surface area contributed by atoms with Crippen LogP contribution in [0.4, 0.5) is 11.4 Å². The van der Waals surface area contributed by atoms with Crippen LogP contribution in [0.5, 0.6) is 5.75 Å². The molecule has 1 saturated heterocycles. The SMILES string of the molecule is COc1ccccc1NC(=O)CC1SC(=Nc2ccc(C)cc2)N(Cc2ccccn2)C1=O. The minimum Gasteiger partial charge on any atom is -0.495 e. The first-order valence-corrected chi connectivity index (χ1v) is 11.4. The second kappa shape index (κ2) is 10.3. The van der Waals surface area contributed by atoms with Gasteiger partial charge < -0.3 is 10.1 Å². The highest BCUT2D eigenvalue weighted by Gasteiger charge is 2.39. The van der Waals surface area contributed by atoms with Crippen LogP contribution in [-0.4, -0.2) is 39.2 Å². The molecule has 1 aromatic heterocycles. The fourth-order valence-corrected chi connectivity index (χ4v) is 4.53. The third kappa shape index (κ3) is 5.59. The molecule has 2 heterocycles. The predicted molar refractivity (Wildman–Crippen MR) is 131 cm³/mol. The summed E-state index contributed by atoms with van der Waals surface area (Å²) in [6.07, 6.45) is 1.71. The van der Waals surface area contributed by atoms with E-state index in [9.17, 15) is 9.59 Å². The molecule has 2 aromatic carbocycles. The van der Waals surface area contributed by atoms with E-state index in [0.29, 0.717) is 23.1 Å². The molecular formula is C25H24N4O3S. The number of aryl methyl sites for hydroxylation is 1. The zero-order valence-electron chi connectivity index (χ0n) is 18.4. The molecule has 0 bridgehead atoms. The number of carbonyl (C=O) groups excluding carboxylic acids is 2. The number of para-hydroxylation sites is 2. The summed E-state index contributed by atoms with van der Waals surface area (Å²) in [5.41, 5.74) is 3.20. The van der Waals surface area contributed by atoms with Gasteiger partial charge in [0.05, 0.1) is 30.7 Å². The first kappa shape index (κ1) is 22.5. The van der Waals surface area contributed by atoms with E-state index in [1.54, 1.807) is 30.3 Å². The molecular weight excluding hydrogens is 436 g/mol. The number of thioether (sulfide) groups is 1. The van der Waals surface area contributed by atoms with E-state index >= 15 is 0 Å². The molecule has 0 spiro atoms. The standard InChI is InChI=1S/C25H24N4O3S/c1-17-10-12-18(13-11-17)27-25-29(16-19-7-5-6-14-26-19)24(31)22(33-25)15-23(30)28-20-8-3-4-9-21(20)32-2/h3-14,22H,15-16H2,1-2H3,(H,28,30). The number of hydrogen-bond acceptors (Lipinski definition) is 6. The maximum Gasteiger partial charge on any atom is 0.243 e. The summed E-state index contributed by atoms with van der Waals surface area (Å²) in [7, 11) is 1.55. The number of ether oxygens (including phenoxy) is 1. The smallest absolute Gasteiger partial charge is 0.243 e. The fraction of sp³-hybridized carbons (Fsp3) is 0.200. The number of methoxy groups -OCH3 is 1. The van der Waals surface area contributed by atoms with Crippen molar-refractivity contribution in [3.8, 4) is 5.75 Å². The topological polar surface area (TPSA) is 83.9 Å². The normalized spacial score (nSPS) is 16.8. The molecule has 1 unspecified atom stereocenters. The van der Waals surface area contributed by atoms with Crippen molar-refractivity contribution in [3.05, 3.63) is 84.2 Å². The molecule has 1 N–H and O–H groups in total. The Bertz CT molecular complexity index is 1170. The minimum atomic E-state index is -0.576. The van der Waals surface area contributed by atoms with Gasteiger partial charge in [0.2, 0.25) is 11.8 Å². The molecule has 4 rings (SSSR count). The zero-order valence-corrected chi connectivity index (χ0v) is 19.2. The molecule has 3 aromatic rings. The number of hydrogen-bond donors (Lipinski definition) is 1. The number of rotatable bonds is 7. The molecule has 8 heteroatoms. The van der Waals surface area contributed by atoms with Crippen molar-refractivity contribution in [3.63, 3.8) is 0 Å². The highest BCUT2D eigenvalue weighted by molar-refractivity contribution is 8.15. The minimum absolute atomic E-state index is 0.0210. The van der Waals surface area contributed by atoms with Gasteiger partial charge in [-0.1, -0.05) is 47.7 Å². The molecule has 0 saturated carbocycles. The highest BCUT2D eigenvalue weighted by Crippen LogP contribution is 2.33. The van der Waals surface area contributed by atoms with Gasteiger partial charge in [0.1, 0.15) is 11.0 Å². The van der Waals surface area contributed by atoms with Crippen molar-refractivity contribution in [1.29, 1.82) is 0 Å². The van der Waals surface area contributed by atoms with Crippen LogP contribution in [0.15, 0.2) is 77.9 Å². The Labute approximate surface area is 196 Å². The summed E-state index contributed by atoms with van der Waals surface area (Å²) in [5.74, 6) is 0.140. The third-order valence-corrected chi connectivity index (χ3v) is 6.25. The summed E-state index contributed by atoms with van der Waals surface area (Å²) in [6.45, 7) is 2.30. The van der Waals surface area contributed by atoms with Crippen LogP contribution in [0.2, 0.25) is 0 Å². The van der Waals surface area contributed by atoms with Gasteiger partial charge in [-0.15, -0.1) is 0 Å². The Balaban J connectivity index is 1.54. The molecule has 1 fully saturated rings. The van der Waals surface area contributed by atoms with Gasteiger partial charge in [-0.2, -0.15) is 0 Å². The summed E-state index contributed by atoms with van der Waals surface area (Å²) in [6, 6.07) is 20.5. The Hall–Kier alpha value is -3.65.